The standard InChI is InChI=1S/C29H42O8/c1-4-18-9-14(2)15(3)21(32-18)12-22-16(7-8-31-22)10-17(30)11-19-5-6-20-25(33-19)28-29-27(34-20)26-23(35-29)13-24(36-26)37-28/h14,16,18-29H,3-13H2,1-2H3/t14?,16?,18?,19?,20?,21?,22-,23?,24?,25?,26?,27?,28?,29?/m0/s1. The van der Waals surface area contributed by atoms with Crippen LogP contribution in [0.3, 0.4) is 0 Å². The molecule has 8 heterocycles. The molecule has 0 saturated carbocycles. The van der Waals surface area contributed by atoms with Crippen molar-refractivity contribution in [2.24, 2.45) is 11.8 Å². The molecule has 8 aliphatic heterocycles. The van der Waals surface area contributed by atoms with Crippen LogP contribution in [0.1, 0.15) is 71.6 Å². The molecule has 8 heteroatoms. The third kappa shape index (κ3) is 4.54. The number of ether oxygens (including phenoxy) is 7. The lowest BCUT2D eigenvalue weighted by Crippen LogP contribution is -2.61. The number of Topliss-reactive ketones (excluding diaryl/α,β-unsaturated/α-hetero) is 1. The molecule has 8 fully saturated rings. The summed E-state index contributed by atoms with van der Waals surface area (Å²) in [5.74, 6) is 0.951. The largest absolute Gasteiger partial charge is 0.378 e. The lowest BCUT2D eigenvalue weighted by Gasteiger charge is -2.46. The van der Waals surface area contributed by atoms with Gasteiger partial charge in [0.2, 0.25) is 0 Å². The third-order valence-corrected chi connectivity index (χ3v) is 10.1. The van der Waals surface area contributed by atoms with Gasteiger partial charge in [0.15, 0.2) is 6.29 Å². The van der Waals surface area contributed by atoms with Crippen molar-refractivity contribution in [3.05, 3.63) is 12.2 Å². The molecular formula is C29H42O8. The molecule has 0 amide bonds. The van der Waals surface area contributed by atoms with Crippen molar-refractivity contribution in [3.63, 3.8) is 0 Å². The topological polar surface area (TPSA) is 81.7 Å². The molecule has 8 nitrogen and oxygen atoms in total. The minimum atomic E-state index is -0.234. The Morgan fingerprint density at radius 3 is 2.46 bits per heavy atom. The second-order valence-electron chi connectivity index (χ2n) is 12.5. The van der Waals surface area contributed by atoms with Crippen molar-refractivity contribution in [2.45, 2.75) is 145 Å². The summed E-state index contributed by atoms with van der Waals surface area (Å²) in [5, 5.41) is 0. The molecule has 14 atom stereocenters. The average molecular weight is 519 g/mol. The Hall–Kier alpha value is -0.870. The van der Waals surface area contributed by atoms with Gasteiger partial charge in [-0.25, -0.2) is 0 Å². The molecule has 0 spiro atoms. The monoisotopic (exact) mass is 518 g/mol. The van der Waals surface area contributed by atoms with Crippen molar-refractivity contribution in [3.8, 4) is 0 Å². The molecule has 206 valence electrons. The van der Waals surface area contributed by atoms with E-state index in [2.05, 4.69) is 20.4 Å². The van der Waals surface area contributed by atoms with Crippen LogP contribution in [0.2, 0.25) is 0 Å². The number of fused-ring (bicyclic) bond motifs is 1. The molecule has 6 bridgehead atoms. The highest BCUT2D eigenvalue weighted by Gasteiger charge is 2.64. The first kappa shape index (κ1) is 25.1. The molecule has 0 aromatic heterocycles. The second kappa shape index (κ2) is 9.95. The van der Waals surface area contributed by atoms with E-state index in [0.29, 0.717) is 25.4 Å². The molecule has 8 rings (SSSR count). The summed E-state index contributed by atoms with van der Waals surface area (Å²) >= 11 is 0. The highest BCUT2D eigenvalue weighted by molar-refractivity contribution is 5.79. The number of rotatable bonds is 7. The number of carbonyl (C=O) groups excluding carboxylic acids is 1. The number of hydrogen-bond acceptors (Lipinski definition) is 8. The second-order valence-corrected chi connectivity index (χ2v) is 12.5. The Balaban J connectivity index is 0.944. The zero-order chi connectivity index (χ0) is 25.3. The molecule has 8 saturated heterocycles. The van der Waals surface area contributed by atoms with E-state index in [-0.39, 0.29) is 85.1 Å². The van der Waals surface area contributed by atoms with Gasteiger partial charge >= 0.3 is 0 Å². The number of hydrogen-bond donors (Lipinski definition) is 0. The maximum atomic E-state index is 13.2. The Labute approximate surface area is 219 Å². The summed E-state index contributed by atoms with van der Waals surface area (Å²) in [6.07, 6.45) is 6.66. The number of ketones is 1. The molecule has 0 N–H and O–H groups in total. The Bertz CT molecular complexity index is 893. The molecule has 0 aromatic carbocycles. The summed E-state index contributed by atoms with van der Waals surface area (Å²) in [5.41, 5.74) is 1.17. The average Bonchev–Trinajstić information content (AvgIpc) is 3.50. The highest BCUT2D eigenvalue weighted by atomic mass is 16.8. The molecule has 0 aromatic rings. The summed E-state index contributed by atoms with van der Waals surface area (Å²) in [7, 11) is 0. The van der Waals surface area contributed by atoms with E-state index in [1.54, 1.807) is 0 Å². The predicted molar refractivity (Wildman–Crippen MR) is 132 cm³/mol. The van der Waals surface area contributed by atoms with Gasteiger partial charge in [-0.05, 0) is 49.5 Å². The lowest BCUT2D eigenvalue weighted by atomic mass is 9.83. The van der Waals surface area contributed by atoms with Crippen molar-refractivity contribution < 1.29 is 38.0 Å². The van der Waals surface area contributed by atoms with Gasteiger partial charge in [-0.3, -0.25) is 4.79 Å². The summed E-state index contributed by atoms with van der Waals surface area (Å²) in [4.78, 5) is 13.2. The van der Waals surface area contributed by atoms with Gasteiger partial charge in [0, 0.05) is 32.3 Å². The van der Waals surface area contributed by atoms with Crippen molar-refractivity contribution >= 4 is 5.78 Å². The van der Waals surface area contributed by atoms with E-state index in [4.69, 9.17) is 33.2 Å². The maximum absolute atomic E-state index is 13.2. The third-order valence-electron chi connectivity index (χ3n) is 10.1. The van der Waals surface area contributed by atoms with Crippen LogP contribution in [0, 0.1) is 11.8 Å². The zero-order valence-electron chi connectivity index (χ0n) is 22.1. The first-order valence-corrected chi connectivity index (χ1v) is 14.7. The molecule has 13 unspecified atom stereocenters. The fourth-order valence-corrected chi connectivity index (χ4v) is 7.97. The molecule has 0 aliphatic carbocycles. The minimum Gasteiger partial charge on any atom is -0.378 e. The normalized spacial score (nSPS) is 52.3. The van der Waals surface area contributed by atoms with Crippen LogP contribution in [0.4, 0.5) is 0 Å². The van der Waals surface area contributed by atoms with E-state index < -0.39 is 0 Å². The summed E-state index contributed by atoms with van der Waals surface area (Å²) in [6.45, 7) is 9.47. The quantitative estimate of drug-likeness (QED) is 0.474. The van der Waals surface area contributed by atoms with Crippen molar-refractivity contribution in [2.75, 3.05) is 6.61 Å². The summed E-state index contributed by atoms with van der Waals surface area (Å²) < 4.78 is 44.0. The van der Waals surface area contributed by atoms with Crippen molar-refractivity contribution in [1.82, 2.24) is 0 Å². The Morgan fingerprint density at radius 1 is 0.838 bits per heavy atom. The Morgan fingerprint density at radius 2 is 1.59 bits per heavy atom. The maximum Gasteiger partial charge on any atom is 0.161 e. The number of carbonyl (C=O) groups is 1. The van der Waals surface area contributed by atoms with Gasteiger partial charge in [-0.1, -0.05) is 20.4 Å². The Kier molecular flexibility index (Phi) is 6.76. The fraction of sp³-hybridized carbons (Fsp3) is 0.897. The molecule has 8 aliphatic rings. The highest BCUT2D eigenvalue weighted by Crippen LogP contribution is 2.49. The van der Waals surface area contributed by atoms with Crippen LogP contribution in [-0.4, -0.2) is 85.8 Å². The van der Waals surface area contributed by atoms with Crippen molar-refractivity contribution in [1.29, 1.82) is 0 Å². The smallest absolute Gasteiger partial charge is 0.161 e. The van der Waals surface area contributed by atoms with E-state index in [1.165, 1.54) is 5.57 Å². The van der Waals surface area contributed by atoms with Gasteiger partial charge in [-0.15, -0.1) is 0 Å². The first-order chi connectivity index (χ1) is 18.0. The van der Waals surface area contributed by atoms with Gasteiger partial charge in [0.1, 0.15) is 36.3 Å². The van der Waals surface area contributed by atoms with Crippen LogP contribution in [0.5, 0.6) is 0 Å². The minimum absolute atomic E-state index is 0.0194. The first-order valence-electron chi connectivity index (χ1n) is 14.7. The summed E-state index contributed by atoms with van der Waals surface area (Å²) in [6, 6.07) is 0. The van der Waals surface area contributed by atoms with E-state index in [9.17, 15) is 4.79 Å². The van der Waals surface area contributed by atoms with Gasteiger partial charge in [0.25, 0.3) is 0 Å². The molecular weight excluding hydrogens is 476 g/mol. The van der Waals surface area contributed by atoms with Gasteiger partial charge < -0.3 is 33.2 Å². The molecule has 0 radical (unpaired) electrons. The SMILES string of the molecule is C=C1C(C)CC(CC)OC1C[C@@H]1OCCC1CC(=O)CC1CCC2OC3C4OC5CC4OC3C(O5)C2O1. The van der Waals surface area contributed by atoms with Crippen LogP contribution in [0.15, 0.2) is 12.2 Å². The van der Waals surface area contributed by atoms with Crippen LogP contribution in [-0.2, 0) is 38.0 Å². The van der Waals surface area contributed by atoms with E-state index in [0.717, 1.165) is 44.9 Å². The fourth-order valence-electron chi connectivity index (χ4n) is 7.97. The lowest BCUT2D eigenvalue weighted by molar-refractivity contribution is -0.264. The van der Waals surface area contributed by atoms with Crippen LogP contribution < -0.4 is 0 Å². The van der Waals surface area contributed by atoms with E-state index in [1.807, 2.05) is 0 Å². The zero-order valence-corrected chi connectivity index (χ0v) is 22.1. The van der Waals surface area contributed by atoms with E-state index >= 15 is 0 Å². The predicted octanol–water partition coefficient (Wildman–Crippen LogP) is 3.49. The van der Waals surface area contributed by atoms with Crippen LogP contribution in [0.25, 0.3) is 0 Å². The molecule has 37 heavy (non-hydrogen) atoms. The van der Waals surface area contributed by atoms with Gasteiger partial charge in [-0.2, -0.15) is 0 Å². The van der Waals surface area contributed by atoms with Crippen LogP contribution >= 0.6 is 0 Å². The van der Waals surface area contributed by atoms with Gasteiger partial charge in [0.05, 0.1) is 36.6 Å².